The molecule has 1 aliphatic heterocycles. The van der Waals surface area contributed by atoms with E-state index in [4.69, 9.17) is 21.6 Å². The van der Waals surface area contributed by atoms with Crippen molar-refractivity contribution >= 4 is 17.9 Å². The molecule has 0 N–H and O–H groups in total. The van der Waals surface area contributed by atoms with Crippen LogP contribution in [0.5, 0.6) is 5.75 Å². The van der Waals surface area contributed by atoms with E-state index in [0.717, 1.165) is 0 Å². The van der Waals surface area contributed by atoms with E-state index in [2.05, 4.69) is 4.99 Å². The van der Waals surface area contributed by atoms with Crippen molar-refractivity contribution in [2.75, 3.05) is 6.54 Å². The molecule has 0 aromatic heterocycles. The second-order valence-corrected chi connectivity index (χ2v) is 4.28. The van der Waals surface area contributed by atoms with Gasteiger partial charge in [0.15, 0.2) is 0 Å². The number of nitrogens with zero attached hydrogens (tertiary/aromatic N) is 3. The largest absolute Gasteiger partial charge is 0.486 e. The van der Waals surface area contributed by atoms with E-state index in [0.29, 0.717) is 6.34 Å². The molecule has 1 aliphatic rings. The highest BCUT2D eigenvalue weighted by Gasteiger charge is 2.37. The number of alkyl halides is 3. The van der Waals surface area contributed by atoms with Crippen molar-refractivity contribution < 1.29 is 17.9 Å². The van der Waals surface area contributed by atoms with Gasteiger partial charge in [0.2, 0.25) is 0 Å². The monoisotopic (exact) mass is 301 g/mol. The van der Waals surface area contributed by atoms with Crippen LogP contribution in [-0.4, -0.2) is 24.1 Å². The molecule has 0 spiro atoms. The third kappa shape index (κ3) is 3.42. The Kier molecular flexibility index (Phi) is 3.86. The number of nitriles is 1. The lowest BCUT2D eigenvalue weighted by Crippen LogP contribution is -2.40. The molecule has 4 nitrogen and oxygen atoms in total. The Bertz CT molecular complexity index is 619. The van der Waals surface area contributed by atoms with Gasteiger partial charge in [-0.05, 0) is 18.2 Å². The summed E-state index contributed by atoms with van der Waals surface area (Å²) in [7, 11) is 0. The predicted molar refractivity (Wildman–Crippen MR) is 66.1 cm³/mol. The Morgan fingerprint density at radius 2 is 2.10 bits per heavy atom. The van der Waals surface area contributed by atoms with Crippen molar-refractivity contribution in [3.8, 4) is 11.8 Å². The highest BCUT2D eigenvalue weighted by atomic mass is 35.5. The SMILES string of the molecule is N#Cc1cc(Cl)cc(OC2=CN=CN(C(F)(F)F)C2)c1. The summed E-state index contributed by atoms with van der Waals surface area (Å²) in [6.07, 6.45) is -2.68. The van der Waals surface area contributed by atoms with Gasteiger partial charge in [-0.3, -0.25) is 4.90 Å². The summed E-state index contributed by atoms with van der Waals surface area (Å²) < 4.78 is 42.8. The maximum atomic E-state index is 12.5. The van der Waals surface area contributed by atoms with Crippen LogP contribution in [-0.2, 0) is 0 Å². The van der Waals surface area contributed by atoms with E-state index < -0.39 is 12.8 Å². The lowest BCUT2D eigenvalue weighted by Gasteiger charge is -2.25. The molecule has 1 heterocycles. The first-order valence-electron chi connectivity index (χ1n) is 5.33. The van der Waals surface area contributed by atoms with Crippen LogP contribution in [0, 0.1) is 11.3 Å². The minimum atomic E-state index is -4.53. The molecule has 0 aliphatic carbocycles. The number of halogens is 4. The van der Waals surface area contributed by atoms with E-state index >= 15 is 0 Å². The van der Waals surface area contributed by atoms with Crippen molar-refractivity contribution in [2.24, 2.45) is 4.99 Å². The van der Waals surface area contributed by atoms with Crippen molar-refractivity contribution in [1.29, 1.82) is 5.26 Å². The smallest absolute Gasteiger partial charge is 0.458 e. The van der Waals surface area contributed by atoms with E-state index in [1.165, 1.54) is 24.4 Å². The van der Waals surface area contributed by atoms with Gasteiger partial charge in [0.25, 0.3) is 0 Å². The summed E-state index contributed by atoms with van der Waals surface area (Å²) in [6.45, 7) is -0.499. The molecule has 1 aromatic carbocycles. The summed E-state index contributed by atoms with van der Waals surface area (Å²) in [5, 5.41) is 9.04. The van der Waals surface area contributed by atoms with Crippen molar-refractivity contribution in [1.82, 2.24) is 4.90 Å². The Balaban J connectivity index is 2.15. The predicted octanol–water partition coefficient (Wildman–Crippen LogP) is 3.30. The van der Waals surface area contributed by atoms with Gasteiger partial charge in [0.05, 0.1) is 30.7 Å². The molecule has 0 unspecified atom stereocenters. The van der Waals surface area contributed by atoms with Crippen LogP contribution in [0.15, 0.2) is 35.2 Å². The van der Waals surface area contributed by atoms with Gasteiger partial charge in [-0.25, -0.2) is 4.99 Å². The van der Waals surface area contributed by atoms with Crippen molar-refractivity contribution in [2.45, 2.75) is 6.30 Å². The van der Waals surface area contributed by atoms with Crippen LogP contribution in [0.4, 0.5) is 13.2 Å². The van der Waals surface area contributed by atoms with E-state index in [1.807, 2.05) is 6.07 Å². The minimum Gasteiger partial charge on any atom is -0.458 e. The average Bonchev–Trinajstić information content (AvgIpc) is 2.37. The first-order valence-corrected chi connectivity index (χ1v) is 5.70. The average molecular weight is 302 g/mol. The van der Waals surface area contributed by atoms with Crippen LogP contribution in [0.1, 0.15) is 5.56 Å². The Morgan fingerprint density at radius 1 is 1.35 bits per heavy atom. The fourth-order valence-electron chi connectivity index (χ4n) is 1.50. The van der Waals surface area contributed by atoms with E-state index in [1.54, 1.807) is 0 Å². The molecular formula is C12H7ClF3N3O. The lowest BCUT2D eigenvalue weighted by atomic mass is 10.2. The molecule has 0 radical (unpaired) electrons. The number of aliphatic imine (C=N–C) groups is 1. The van der Waals surface area contributed by atoms with Gasteiger partial charge in [0.1, 0.15) is 11.5 Å². The first kappa shape index (κ1) is 14.2. The quantitative estimate of drug-likeness (QED) is 0.788. The molecule has 0 atom stereocenters. The molecule has 8 heteroatoms. The van der Waals surface area contributed by atoms with Gasteiger partial charge in [0, 0.05) is 5.02 Å². The highest BCUT2D eigenvalue weighted by molar-refractivity contribution is 6.30. The second kappa shape index (κ2) is 5.43. The van der Waals surface area contributed by atoms with Crippen LogP contribution in [0.25, 0.3) is 0 Å². The zero-order chi connectivity index (χ0) is 14.8. The van der Waals surface area contributed by atoms with Crippen molar-refractivity contribution in [3.63, 3.8) is 0 Å². The molecule has 2 rings (SSSR count). The van der Waals surface area contributed by atoms with Gasteiger partial charge in [-0.2, -0.15) is 18.4 Å². The van der Waals surface area contributed by atoms with Gasteiger partial charge >= 0.3 is 6.30 Å². The topological polar surface area (TPSA) is 48.6 Å². The summed E-state index contributed by atoms with van der Waals surface area (Å²) in [4.78, 5) is 3.54. The summed E-state index contributed by atoms with van der Waals surface area (Å²) in [5.41, 5.74) is 0.250. The number of rotatable bonds is 2. The molecule has 20 heavy (non-hydrogen) atoms. The molecule has 0 saturated carbocycles. The third-order valence-corrected chi connectivity index (χ3v) is 2.54. The second-order valence-electron chi connectivity index (χ2n) is 3.85. The Labute approximate surface area is 117 Å². The number of hydrogen-bond donors (Lipinski definition) is 0. The van der Waals surface area contributed by atoms with E-state index in [-0.39, 0.29) is 27.0 Å². The Hall–Kier alpha value is -2.20. The summed E-state index contributed by atoms with van der Waals surface area (Å²) in [5.74, 6) is 0.176. The zero-order valence-corrected chi connectivity index (χ0v) is 10.6. The maximum absolute atomic E-state index is 12.5. The maximum Gasteiger partial charge on any atom is 0.486 e. The standard InChI is InChI=1S/C12H7ClF3N3O/c13-9-1-8(4-17)2-10(3-9)20-11-5-18-7-19(6-11)12(14,15)16/h1-3,5,7H,6H2. The van der Waals surface area contributed by atoms with Crippen LogP contribution in [0.2, 0.25) is 5.02 Å². The molecular weight excluding hydrogens is 295 g/mol. The fraction of sp³-hybridized carbons (Fsp3) is 0.167. The first-order chi connectivity index (χ1) is 9.38. The molecule has 0 amide bonds. The summed E-state index contributed by atoms with van der Waals surface area (Å²) in [6, 6.07) is 6.08. The van der Waals surface area contributed by atoms with Gasteiger partial charge in [-0.15, -0.1) is 0 Å². The highest BCUT2D eigenvalue weighted by Crippen LogP contribution is 2.26. The fourth-order valence-corrected chi connectivity index (χ4v) is 1.72. The lowest BCUT2D eigenvalue weighted by molar-refractivity contribution is -0.214. The van der Waals surface area contributed by atoms with Gasteiger partial charge in [-0.1, -0.05) is 11.6 Å². The van der Waals surface area contributed by atoms with Gasteiger partial charge < -0.3 is 4.74 Å². The number of ether oxygens (including phenoxy) is 1. The third-order valence-electron chi connectivity index (χ3n) is 2.33. The van der Waals surface area contributed by atoms with E-state index in [9.17, 15) is 13.2 Å². The summed E-state index contributed by atoms with van der Waals surface area (Å²) >= 11 is 5.78. The normalized spacial score (nSPS) is 14.8. The van der Waals surface area contributed by atoms with Crippen LogP contribution in [0.3, 0.4) is 0 Å². The molecule has 1 aromatic rings. The number of benzene rings is 1. The minimum absolute atomic E-state index is 0.00372. The molecule has 0 bridgehead atoms. The molecule has 0 fully saturated rings. The van der Waals surface area contributed by atoms with Crippen LogP contribution >= 0.6 is 11.6 Å². The molecule has 104 valence electrons. The zero-order valence-electron chi connectivity index (χ0n) is 9.86. The van der Waals surface area contributed by atoms with Crippen molar-refractivity contribution in [3.05, 3.63) is 40.7 Å². The number of hydrogen-bond acceptors (Lipinski definition) is 4. The van der Waals surface area contributed by atoms with Crippen LogP contribution < -0.4 is 4.74 Å². The molecule has 0 saturated heterocycles. The Morgan fingerprint density at radius 3 is 2.75 bits per heavy atom.